The summed E-state index contributed by atoms with van der Waals surface area (Å²) in [5.74, 6) is 0.319. The van der Waals surface area contributed by atoms with Gasteiger partial charge < -0.3 is 4.52 Å². The van der Waals surface area contributed by atoms with Crippen LogP contribution in [-0.2, 0) is 4.79 Å². The predicted octanol–water partition coefficient (Wildman–Crippen LogP) is 3.34. The van der Waals surface area contributed by atoms with Crippen molar-refractivity contribution in [2.75, 3.05) is 31.5 Å². The number of carbonyl (C=O) groups is 1. The molecule has 1 saturated heterocycles. The van der Waals surface area contributed by atoms with Gasteiger partial charge in [-0.25, -0.2) is 0 Å². The zero-order chi connectivity index (χ0) is 18.7. The second kappa shape index (κ2) is 8.20. The van der Waals surface area contributed by atoms with Crippen molar-refractivity contribution in [3.05, 3.63) is 46.6 Å². The molecule has 1 N–H and O–H groups in total. The molecular formula is C19H25ClN4O2. The molecule has 1 aliphatic heterocycles. The molecule has 0 saturated carbocycles. The van der Waals surface area contributed by atoms with Crippen molar-refractivity contribution >= 4 is 23.4 Å². The summed E-state index contributed by atoms with van der Waals surface area (Å²) in [5.41, 5.74) is 1.89. The lowest BCUT2D eigenvalue weighted by Crippen LogP contribution is -2.53. The van der Waals surface area contributed by atoms with E-state index in [-0.39, 0.29) is 18.0 Å². The standard InChI is InChI=1S/C19H25ClN4O2/c1-13-12-18(26-22-13)21-19(25)15(3)24-10-8-23(9-11-24)14(2)16-6-4-5-7-17(16)20/h4-7,12,14-15H,8-11H2,1-3H3,(H,21,25). The molecular weight excluding hydrogens is 352 g/mol. The van der Waals surface area contributed by atoms with Crippen molar-refractivity contribution < 1.29 is 9.32 Å². The van der Waals surface area contributed by atoms with E-state index in [0.717, 1.165) is 42.5 Å². The van der Waals surface area contributed by atoms with E-state index in [1.807, 2.05) is 32.0 Å². The summed E-state index contributed by atoms with van der Waals surface area (Å²) < 4.78 is 5.06. The average molecular weight is 377 g/mol. The highest BCUT2D eigenvalue weighted by atomic mass is 35.5. The van der Waals surface area contributed by atoms with Gasteiger partial charge in [0.1, 0.15) is 0 Å². The van der Waals surface area contributed by atoms with E-state index in [0.29, 0.717) is 5.88 Å². The number of carbonyl (C=O) groups excluding carboxylic acids is 1. The van der Waals surface area contributed by atoms with Gasteiger partial charge in [0.15, 0.2) is 0 Å². The molecule has 3 rings (SSSR count). The summed E-state index contributed by atoms with van der Waals surface area (Å²) in [6.07, 6.45) is 0. The highest BCUT2D eigenvalue weighted by Crippen LogP contribution is 2.28. The van der Waals surface area contributed by atoms with Gasteiger partial charge in [-0.3, -0.25) is 19.9 Å². The van der Waals surface area contributed by atoms with Crippen molar-refractivity contribution in [2.45, 2.75) is 32.9 Å². The Hall–Kier alpha value is -1.89. The number of aromatic nitrogens is 1. The summed E-state index contributed by atoms with van der Waals surface area (Å²) in [6.45, 7) is 9.38. The van der Waals surface area contributed by atoms with Crippen molar-refractivity contribution in [1.82, 2.24) is 15.0 Å². The molecule has 26 heavy (non-hydrogen) atoms. The molecule has 2 unspecified atom stereocenters. The van der Waals surface area contributed by atoms with E-state index < -0.39 is 0 Å². The second-order valence-corrected chi connectivity index (χ2v) is 7.17. The third-order valence-electron chi connectivity index (χ3n) is 5.05. The molecule has 140 valence electrons. The Morgan fingerprint density at radius 1 is 1.19 bits per heavy atom. The lowest BCUT2D eigenvalue weighted by atomic mass is 10.1. The van der Waals surface area contributed by atoms with E-state index in [1.165, 1.54) is 0 Å². The van der Waals surface area contributed by atoms with Crippen LogP contribution in [0.1, 0.15) is 31.1 Å². The summed E-state index contributed by atoms with van der Waals surface area (Å²) in [5, 5.41) is 7.38. The highest BCUT2D eigenvalue weighted by Gasteiger charge is 2.28. The second-order valence-electron chi connectivity index (χ2n) is 6.77. The smallest absolute Gasteiger partial charge is 0.243 e. The van der Waals surface area contributed by atoms with Crippen LogP contribution >= 0.6 is 11.6 Å². The monoisotopic (exact) mass is 376 g/mol. The third-order valence-corrected chi connectivity index (χ3v) is 5.40. The predicted molar refractivity (Wildman–Crippen MR) is 102 cm³/mol. The molecule has 6 nitrogen and oxygen atoms in total. The fraction of sp³-hybridized carbons (Fsp3) is 0.474. The molecule has 2 aromatic rings. The van der Waals surface area contributed by atoms with Crippen LogP contribution in [0.2, 0.25) is 5.02 Å². The van der Waals surface area contributed by atoms with Crippen LogP contribution in [0.25, 0.3) is 0 Å². The van der Waals surface area contributed by atoms with Crippen LogP contribution in [0.4, 0.5) is 5.88 Å². The van der Waals surface area contributed by atoms with Gasteiger partial charge in [-0.05, 0) is 32.4 Å². The number of hydrogen-bond donors (Lipinski definition) is 1. The Morgan fingerprint density at radius 3 is 2.46 bits per heavy atom. The van der Waals surface area contributed by atoms with E-state index in [9.17, 15) is 4.79 Å². The van der Waals surface area contributed by atoms with Crippen LogP contribution in [0.15, 0.2) is 34.9 Å². The molecule has 1 aromatic carbocycles. The topological polar surface area (TPSA) is 61.6 Å². The number of nitrogens with zero attached hydrogens (tertiary/aromatic N) is 3. The van der Waals surface area contributed by atoms with Crippen molar-refractivity contribution in [3.63, 3.8) is 0 Å². The van der Waals surface area contributed by atoms with E-state index in [1.54, 1.807) is 6.07 Å². The quantitative estimate of drug-likeness (QED) is 0.867. The maximum Gasteiger partial charge on any atom is 0.243 e. The van der Waals surface area contributed by atoms with Gasteiger partial charge in [0.05, 0.1) is 11.7 Å². The first-order valence-corrected chi connectivity index (χ1v) is 9.30. The first kappa shape index (κ1) is 18.9. The van der Waals surface area contributed by atoms with E-state index in [2.05, 4.69) is 33.3 Å². The Morgan fingerprint density at radius 2 is 1.85 bits per heavy atom. The first-order valence-electron chi connectivity index (χ1n) is 8.92. The highest BCUT2D eigenvalue weighted by molar-refractivity contribution is 6.31. The number of anilines is 1. The number of nitrogens with one attached hydrogen (secondary N) is 1. The van der Waals surface area contributed by atoms with Crippen LogP contribution in [-0.4, -0.2) is 53.1 Å². The maximum absolute atomic E-state index is 12.4. The molecule has 1 amide bonds. The molecule has 0 spiro atoms. The van der Waals surface area contributed by atoms with Gasteiger partial charge in [-0.1, -0.05) is 35.0 Å². The fourth-order valence-corrected chi connectivity index (χ4v) is 3.63. The summed E-state index contributed by atoms with van der Waals surface area (Å²) in [4.78, 5) is 17.0. The SMILES string of the molecule is Cc1cc(NC(=O)C(C)N2CCN(C(C)c3ccccc3Cl)CC2)on1. The Kier molecular flexibility index (Phi) is 5.96. The number of rotatable bonds is 5. The Labute approximate surface area is 159 Å². The van der Waals surface area contributed by atoms with Gasteiger partial charge in [-0.2, -0.15) is 0 Å². The number of aryl methyl sites for hydroxylation is 1. The van der Waals surface area contributed by atoms with Crippen LogP contribution < -0.4 is 5.32 Å². The molecule has 1 fully saturated rings. The third kappa shape index (κ3) is 4.26. The van der Waals surface area contributed by atoms with Gasteiger partial charge in [0, 0.05) is 43.3 Å². The first-order chi connectivity index (χ1) is 12.5. The number of benzene rings is 1. The Balaban J connectivity index is 1.54. The van der Waals surface area contributed by atoms with Crippen LogP contribution in [0.3, 0.4) is 0 Å². The molecule has 1 aromatic heterocycles. The lowest BCUT2D eigenvalue weighted by Gasteiger charge is -2.40. The molecule has 1 aliphatic rings. The molecule has 2 heterocycles. The van der Waals surface area contributed by atoms with Crippen molar-refractivity contribution in [2.24, 2.45) is 0 Å². The number of piperazine rings is 1. The summed E-state index contributed by atoms with van der Waals surface area (Å²) in [6, 6.07) is 9.73. The zero-order valence-corrected chi connectivity index (χ0v) is 16.2. The van der Waals surface area contributed by atoms with Gasteiger partial charge in [0.2, 0.25) is 11.8 Å². The van der Waals surface area contributed by atoms with Gasteiger partial charge in [-0.15, -0.1) is 0 Å². The van der Waals surface area contributed by atoms with Crippen molar-refractivity contribution in [1.29, 1.82) is 0 Å². The lowest BCUT2D eigenvalue weighted by molar-refractivity contribution is -0.121. The maximum atomic E-state index is 12.4. The van der Waals surface area contributed by atoms with E-state index in [4.69, 9.17) is 16.1 Å². The van der Waals surface area contributed by atoms with Gasteiger partial charge in [0.25, 0.3) is 0 Å². The molecule has 7 heteroatoms. The molecule has 2 atom stereocenters. The Bertz CT molecular complexity index is 756. The summed E-state index contributed by atoms with van der Waals surface area (Å²) in [7, 11) is 0. The zero-order valence-electron chi connectivity index (χ0n) is 15.4. The molecule has 0 bridgehead atoms. The van der Waals surface area contributed by atoms with Crippen LogP contribution in [0, 0.1) is 6.92 Å². The van der Waals surface area contributed by atoms with Crippen LogP contribution in [0.5, 0.6) is 0 Å². The largest absolute Gasteiger partial charge is 0.338 e. The minimum atomic E-state index is -0.224. The van der Waals surface area contributed by atoms with Gasteiger partial charge >= 0.3 is 0 Å². The minimum Gasteiger partial charge on any atom is -0.338 e. The van der Waals surface area contributed by atoms with Crippen molar-refractivity contribution in [3.8, 4) is 0 Å². The fourth-order valence-electron chi connectivity index (χ4n) is 3.34. The normalized spacial score (nSPS) is 18.5. The summed E-state index contributed by atoms with van der Waals surface area (Å²) >= 11 is 6.33. The number of halogens is 1. The molecule has 0 radical (unpaired) electrons. The van der Waals surface area contributed by atoms with E-state index >= 15 is 0 Å². The minimum absolute atomic E-state index is 0.0752. The molecule has 0 aliphatic carbocycles. The average Bonchev–Trinajstić information content (AvgIpc) is 3.05. The number of hydrogen-bond acceptors (Lipinski definition) is 5. The number of amides is 1.